The molecule has 0 aromatic rings. The minimum absolute atomic E-state index is 0.0311. The van der Waals surface area contributed by atoms with Crippen LogP contribution in [-0.4, -0.2) is 25.9 Å². The highest BCUT2D eigenvalue weighted by atomic mass is 28.4. The summed E-state index contributed by atoms with van der Waals surface area (Å²) in [6.07, 6.45) is 6.26. The fourth-order valence-corrected chi connectivity index (χ4v) is 4.65. The van der Waals surface area contributed by atoms with Crippen molar-refractivity contribution in [3.05, 3.63) is 0 Å². The molecule has 3 nitrogen and oxygen atoms in total. The lowest BCUT2D eigenvalue weighted by Gasteiger charge is -2.50. The fourth-order valence-electron chi connectivity index (χ4n) is 3.09. The van der Waals surface area contributed by atoms with Crippen LogP contribution in [-0.2, 0) is 9.22 Å². The van der Waals surface area contributed by atoms with Crippen LogP contribution in [0.5, 0.6) is 0 Å². The van der Waals surface area contributed by atoms with Gasteiger partial charge in [0.25, 0.3) is 0 Å². The number of hydrogen-bond acceptors (Lipinski definition) is 2. The number of fused-ring (bicyclic) bond motifs is 1. The Morgan fingerprint density at radius 2 is 2.06 bits per heavy atom. The summed E-state index contributed by atoms with van der Waals surface area (Å²) >= 11 is 0. The van der Waals surface area contributed by atoms with Crippen LogP contribution in [0.2, 0.25) is 19.6 Å². The Balaban J connectivity index is 2.16. The van der Waals surface area contributed by atoms with Crippen molar-refractivity contribution in [2.24, 2.45) is 0 Å². The van der Waals surface area contributed by atoms with E-state index >= 15 is 0 Å². The molecule has 1 aliphatic carbocycles. The highest BCUT2D eigenvalue weighted by Gasteiger charge is 2.47. The number of carbonyl (C=O) groups is 1. The molecule has 92 valence electrons. The molecule has 0 aromatic heterocycles. The average molecular weight is 241 g/mol. The first kappa shape index (κ1) is 12.1. The van der Waals surface area contributed by atoms with Crippen LogP contribution in [0.4, 0.5) is 0 Å². The van der Waals surface area contributed by atoms with Crippen LogP contribution >= 0.6 is 0 Å². The van der Waals surface area contributed by atoms with Gasteiger partial charge in [0.05, 0.1) is 11.6 Å². The quantitative estimate of drug-likeness (QED) is 0.754. The predicted octanol–water partition coefficient (Wildman–Crippen LogP) is 2.43. The summed E-state index contributed by atoms with van der Waals surface area (Å²) in [5.74, 6) is 0.210. The lowest BCUT2D eigenvalue weighted by molar-refractivity contribution is -0.132. The molecular weight excluding hydrogens is 218 g/mol. The van der Waals surface area contributed by atoms with Crippen LogP contribution in [0.1, 0.15) is 38.5 Å². The standard InChI is InChI=1S/C12H23NO2Si/c1-16(2,3)15-12-8-5-4-6-10(12)13-11(14)7-9-12/h10H,4-9H2,1-3H3,(H,13,14). The van der Waals surface area contributed by atoms with E-state index in [0.717, 1.165) is 19.3 Å². The van der Waals surface area contributed by atoms with Gasteiger partial charge in [-0.1, -0.05) is 12.8 Å². The van der Waals surface area contributed by atoms with Crippen molar-refractivity contribution in [2.45, 2.75) is 69.8 Å². The van der Waals surface area contributed by atoms with Crippen LogP contribution in [0.25, 0.3) is 0 Å². The molecule has 4 heteroatoms. The largest absolute Gasteiger partial charge is 0.410 e. The second-order valence-corrected chi connectivity index (χ2v) is 10.6. The summed E-state index contributed by atoms with van der Waals surface area (Å²) in [6, 6.07) is 0.272. The van der Waals surface area contributed by atoms with Gasteiger partial charge < -0.3 is 9.74 Å². The smallest absolute Gasteiger partial charge is 0.220 e. The predicted molar refractivity (Wildman–Crippen MR) is 66.8 cm³/mol. The van der Waals surface area contributed by atoms with E-state index in [9.17, 15) is 4.79 Å². The second kappa shape index (κ2) is 4.15. The van der Waals surface area contributed by atoms with Gasteiger partial charge >= 0.3 is 0 Å². The van der Waals surface area contributed by atoms with Gasteiger partial charge in [0.2, 0.25) is 5.91 Å². The molecule has 1 amide bonds. The van der Waals surface area contributed by atoms with Crippen molar-refractivity contribution in [3.63, 3.8) is 0 Å². The van der Waals surface area contributed by atoms with Crippen molar-refractivity contribution >= 4 is 14.2 Å². The van der Waals surface area contributed by atoms with Gasteiger partial charge in [-0.05, 0) is 38.9 Å². The number of carbonyl (C=O) groups excluding carboxylic acids is 1. The number of rotatable bonds is 2. The summed E-state index contributed by atoms with van der Waals surface area (Å²) in [5, 5.41) is 3.14. The number of amides is 1. The molecule has 2 rings (SSSR count). The first-order valence-electron chi connectivity index (χ1n) is 6.41. The zero-order chi connectivity index (χ0) is 11.8. The third-order valence-electron chi connectivity index (χ3n) is 3.60. The maximum Gasteiger partial charge on any atom is 0.220 e. The minimum Gasteiger partial charge on any atom is -0.410 e. The Morgan fingerprint density at radius 1 is 1.31 bits per heavy atom. The van der Waals surface area contributed by atoms with Gasteiger partial charge in [-0.2, -0.15) is 0 Å². The van der Waals surface area contributed by atoms with E-state index in [-0.39, 0.29) is 17.6 Å². The van der Waals surface area contributed by atoms with Gasteiger partial charge in [0, 0.05) is 6.42 Å². The summed E-state index contributed by atoms with van der Waals surface area (Å²) in [7, 11) is -1.54. The van der Waals surface area contributed by atoms with E-state index in [0.29, 0.717) is 6.42 Å². The lowest BCUT2D eigenvalue weighted by atomic mass is 9.75. The molecule has 2 fully saturated rings. The molecule has 0 spiro atoms. The molecule has 1 N–H and O–H groups in total. The first-order valence-corrected chi connectivity index (χ1v) is 9.82. The fraction of sp³-hybridized carbons (Fsp3) is 0.917. The van der Waals surface area contributed by atoms with E-state index in [2.05, 4.69) is 25.0 Å². The Hall–Kier alpha value is -0.353. The zero-order valence-electron chi connectivity index (χ0n) is 10.6. The highest BCUT2D eigenvalue weighted by molar-refractivity contribution is 6.69. The van der Waals surface area contributed by atoms with E-state index in [4.69, 9.17) is 4.43 Å². The van der Waals surface area contributed by atoms with Crippen LogP contribution < -0.4 is 5.32 Å². The Labute approximate surface area is 99.1 Å². The van der Waals surface area contributed by atoms with Crippen molar-refractivity contribution in [1.29, 1.82) is 0 Å². The van der Waals surface area contributed by atoms with Crippen LogP contribution in [0.3, 0.4) is 0 Å². The average Bonchev–Trinajstić information content (AvgIpc) is 2.16. The maximum absolute atomic E-state index is 11.5. The summed E-state index contributed by atoms with van der Waals surface area (Å²) in [5.41, 5.74) is -0.0311. The molecule has 0 bridgehead atoms. The molecule has 0 radical (unpaired) electrons. The van der Waals surface area contributed by atoms with Gasteiger partial charge in [-0.3, -0.25) is 4.79 Å². The van der Waals surface area contributed by atoms with Crippen molar-refractivity contribution in [1.82, 2.24) is 5.32 Å². The summed E-state index contributed by atoms with van der Waals surface area (Å²) < 4.78 is 6.44. The van der Waals surface area contributed by atoms with Gasteiger partial charge in [0.1, 0.15) is 0 Å². The highest BCUT2D eigenvalue weighted by Crippen LogP contribution is 2.40. The van der Waals surface area contributed by atoms with Gasteiger partial charge in [-0.25, -0.2) is 0 Å². The zero-order valence-corrected chi connectivity index (χ0v) is 11.6. The first-order chi connectivity index (χ1) is 7.41. The van der Waals surface area contributed by atoms with E-state index in [1.165, 1.54) is 12.8 Å². The molecule has 2 atom stereocenters. The molecule has 1 aliphatic heterocycles. The third kappa shape index (κ3) is 2.48. The second-order valence-electron chi connectivity index (χ2n) is 6.15. The van der Waals surface area contributed by atoms with Crippen molar-refractivity contribution in [3.8, 4) is 0 Å². The number of piperidine rings is 1. The molecule has 1 heterocycles. The van der Waals surface area contributed by atoms with Crippen LogP contribution in [0, 0.1) is 0 Å². The van der Waals surface area contributed by atoms with Crippen LogP contribution in [0.15, 0.2) is 0 Å². The van der Waals surface area contributed by atoms with Crippen molar-refractivity contribution < 1.29 is 9.22 Å². The van der Waals surface area contributed by atoms with E-state index < -0.39 is 8.32 Å². The molecule has 1 saturated heterocycles. The molecule has 16 heavy (non-hydrogen) atoms. The molecule has 2 aliphatic rings. The molecule has 2 unspecified atom stereocenters. The summed E-state index contributed by atoms with van der Waals surface area (Å²) in [4.78, 5) is 11.5. The minimum atomic E-state index is -1.54. The van der Waals surface area contributed by atoms with Crippen molar-refractivity contribution in [2.75, 3.05) is 0 Å². The molecule has 0 aromatic carbocycles. The molecule has 1 saturated carbocycles. The normalized spacial score (nSPS) is 35.4. The molecular formula is C12H23NO2Si. The number of hydrogen-bond donors (Lipinski definition) is 1. The Kier molecular flexibility index (Phi) is 3.14. The van der Waals surface area contributed by atoms with E-state index in [1.54, 1.807) is 0 Å². The van der Waals surface area contributed by atoms with Gasteiger partial charge in [0.15, 0.2) is 8.32 Å². The maximum atomic E-state index is 11.5. The SMILES string of the molecule is C[Si](C)(C)OC12CCCCC1NC(=O)CC2. The lowest BCUT2D eigenvalue weighted by Crippen LogP contribution is -2.62. The Morgan fingerprint density at radius 3 is 2.75 bits per heavy atom. The monoisotopic (exact) mass is 241 g/mol. The Bertz CT molecular complexity index is 287. The van der Waals surface area contributed by atoms with E-state index in [1.807, 2.05) is 0 Å². The third-order valence-corrected chi connectivity index (χ3v) is 4.62. The number of nitrogens with one attached hydrogen (secondary N) is 1. The van der Waals surface area contributed by atoms with Gasteiger partial charge in [-0.15, -0.1) is 0 Å². The summed E-state index contributed by atoms with van der Waals surface area (Å²) in [6.45, 7) is 6.72. The topological polar surface area (TPSA) is 38.3 Å².